The molecule has 1 unspecified atom stereocenters. The van der Waals surface area contributed by atoms with Crippen LogP contribution in [0.4, 0.5) is 4.39 Å². The zero-order valence-electron chi connectivity index (χ0n) is 8.26. The monoisotopic (exact) mass is 206 g/mol. The molecule has 0 amide bonds. The maximum Gasteiger partial charge on any atom is 0.141 e. The van der Waals surface area contributed by atoms with Crippen LogP contribution in [-0.4, -0.2) is 14.8 Å². The Morgan fingerprint density at radius 2 is 2.20 bits per heavy atom. The van der Waals surface area contributed by atoms with E-state index in [1.807, 2.05) is 13.2 Å². The van der Waals surface area contributed by atoms with Gasteiger partial charge in [-0.05, 0) is 12.1 Å². The normalized spacial score (nSPS) is 12.7. The van der Waals surface area contributed by atoms with Crippen molar-refractivity contribution in [1.29, 1.82) is 0 Å². The van der Waals surface area contributed by atoms with E-state index in [0.29, 0.717) is 5.69 Å². The van der Waals surface area contributed by atoms with Crippen LogP contribution in [0.2, 0.25) is 0 Å². The molecule has 0 spiro atoms. The Labute approximate surface area is 86.6 Å². The first kappa shape index (κ1) is 9.79. The van der Waals surface area contributed by atoms with Crippen molar-refractivity contribution in [1.82, 2.24) is 14.8 Å². The molecule has 2 N–H and O–H groups in total. The minimum absolute atomic E-state index is 0.362. The zero-order valence-corrected chi connectivity index (χ0v) is 8.26. The average Bonchev–Trinajstić information content (AvgIpc) is 2.65. The lowest BCUT2D eigenvalue weighted by molar-refractivity contribution is 0.617. The fraction of sp³-hybridized carbons (Fsp3) is 0.200. The fourth-order valence-electron chi connectivity index (χ4n) is 1.34. The molecule has 2 aromatic heterocycles. The van der Waals surface area contributed by atoms with E-state index in [1.165, 1.54) is 6.07 Å². The molecule has 2 aromatic rings. The molecule has 5 heteroatoms. The number of hydrogen-bond acceptors (Lipinski definition) is 3. The van der Waals surface area contributed by atoms with Crippen LogP contribution in [0.3, 0.4) is 0 Å². The van der Waals surface area contributed by atoms with Crippen LogP contribution in [0.5, 0.6) is 0 Å². The molecular weight excluding hydrogens is 195 g/mol. The second kappa shape index (κ2) is 3.78. The second-order valence-electron chi connectivity index (χ2n) is 3.33. The Bertz CT molecular complexity index is 449. The topological polar surface area (TPSA) is 56.7 Å². The smallest absolute Gasteiger partial charge is 0.141 e. The molecule has 0 aliphatic heterocycles. The molecular formula is C10H11FN4. The number of nitrogens with zero attached hydrogens (tertiary/aromatic N) is 3. The third kappa shape index (κ3) is 2.02. The van der Waals surface area contributed by atoms with E-state index in [2.05, 4.69) is 10.1 Å². The van der Waals surface area contributed by atoms with Crippen LogP contribution >= 0.6 is 0 Å². The number of halogens is 1. The lowest BCUT2D eigenvalue weighted by Gasteiger charge is -2.07. The largest absolute Gasteiger partial charge is 0.319 e. The molecule has 15 heavy (non-hydrogen) atoms. The first-order chi connectivity index (χ1) is 7.16. The summed E-state index contributed by atoms with van der Waals surface area (Å²) >= 11 is 0. The van der Waals surface area contributed by atoms with Gasteiger partial charge in [-0.25, -0.2) is 4.39 Å². The quantitative estimate of drug-likeness (QED) is 0.797. The van der Waals surface area contributed by atoms with E-state index in [4.69, 9.17) is 5.73 Å². The number of rotatable bonds is 2. The Morgan fingerprint density at radius 1 is 1.40 bits per heavy atom. The van der Waals surface area contributed by atoms with Crippen LogP contribution < -0.4 is 5.73 Å². The van der Waals surface area contributed by atoms with Gasteiger partial charge in [0, 0.05) is 18.8 Å². The summed E-state index contributed by atoms with van der Waals surface area (Å²) in [4.78, 5) is 3.93. The van der Waals surface area contributed by atoms with Crippen LogP contribution in [0, 0.1) is 5.82 Å². The lowest BCUT2D eigenvalue weighted by Crippen LogP contribution is -2.12. The highest BCUT2D eigenvalue weighted by Crippen LogP contribution is 2.16. The molecule has 0 radical (unpaired) electrons. The van der Waals surface area contributed by atoms with E-state index in [0.717, 1.165) is 11.8 Å². The minimum atomic E-state index is -0.364. The summed E-state index contributed by atoms with van der Waals surface area (Å²) in [6.45, 7) is 0. The predicted molar refractivity (Wildman–Crippen MR) is 53.4 cm³/mol. The Kier molecular flexibility index (Phi) is 2.47. The number of pyridine rings is 1. The molecule has 0 saturated heterocycles. The van der Waals surface area contributed by atoms with Crippen molar-refractivity contribution in [2.45, 2.75) is 6.04 Å². The van der Waals surface area contributed by atoms with Gasteiger partial charge >= 0.3 is 0 Å². The van der Waals surface area contributed by atoms with Gasteiger partial charge in [-0.15, -0.1) is 0 Å². The maximum absolute atomic E-state index is 12.6. The molecule has 0 aliphatic carbocycles. The van der Waals surface area contributed by atoms with Gasteiger partial charge in [0.2, 0.25) is 0 Å². The predicted octanol–water partition coefficient (Wildman–Crippen LogP) is 1.00. The summed E-state index contributed by atoms with van der Waals surface area (Å²) in [5.74, 6) is -0.364. The molecule has 0 fully saturated rings. The molecule has 4 nitrogen and oxygen atoms in total. The third-order valence-electron chi connectivity index (χ3n) is 2.15. The highest BCUT2D eigenvalue weighted by molar-refractivity contribution is 5.22. The van der Waals surface area contributed by atoms with Crippen molar-refractivity contribution in [2.75, 3.05) is 0 Å². The van der Waals surface area contributed by atoms with E-state index in [1.54, 1.807) is 16.9 Å². The van der Waals surface area contributed by atoms with Gasteiger partial charge < -0.3 is 5.73 Å². The van der Waals surface area contributed by atoms with Gasteiger partial charge in [0.15, 0.2) is 0 Å². The van der Waals surface area contributed by atoms with E-state index in [-0.39, 0.29) is 11.9 Å². The third-order valence-corrected chi connectivity index (χ3v) is 2.15. The summed E-state index contributed by atoms with van der Waals surface area (Å²) in [5.41, 5.74) is 7.43. The maximum atomic E-state index is 12.6. The van der Waals surface area contributed by atoms with Gasteiger partial charge in [-0.3, -0.25) is 9.67 Å². The zero-order chi connectivity index (χ0) is 10.8. The SMILES string of the molecule is Cn1cc(C(N)c2ccc(F)cn2)cn1. The highest BCUT2D eigenvalue weighted by atomic mass is 19.1. The van der Waals surface area contributed by atoms with Crippen LogP contribution in [0.15, 0.2) is 30.7 Å². The van der Waals surface area contributed by atoms with Crippen molar-refractivity contribution in [3.63, 3.8) is 0 Å². The number of aryl methyl sites for hydroxylation is 1. The van der Waals surface area contributed by atoms with Gasteiger partial charge in [0.1, 0.15) is 5.82 Å². The van der Waals surface area contributed by atoms with Crippen molar-refractivity contribution in [3.05, 3.63) is 47.8 Å². The summed E-state index contributed by atoms with van der Waals surface area (Å²) in [6, 6.07) is 2.56. The van der Waals surface area contributed by atoms with Crippen molar-refractivity contribution >= 4 is 0 Å². The molecule has 0 saturated carbocycles. The summed E-state index contributed by atoms with van der Waals surface area (Å²) in [5, 5.41) is 4.02. The van der Waals surface area contributed by atoms with Crippen molar-refractivity contribution in [3.8, 4) is 0 Å². The van der Waals surface area contributed by atoms with Gasteiger partial charge in [0.05, 0.1) is 24.1 Å². The van der Waals surface area contributed by atoms with Gasteiger partial charge in [-0.2, -0.15) is 5.10 Å². The van der Waals surface area contributed by atoms with Crippen LogP contribution in [0.25, 0.3) is 0 Å². The molecule has 78 valence electrons. The highest BCUT2D eigenvalue weighted by Gasteiger charge is 2.11. The Morgan fingerprint density at radius 3 is 2.73 bits per heavy atom. The van der Waals surface area contributed by atoms with Crippen LogP contribution in [-0.2, 0) is 7.05 Å². The molecule has 2 rings (SSSR count). The van der Waals surface area contributed by atoms with Crippen LogP contribution in [0.1, 0.15) is 17.3 Å². The minimum Gasteiger partial charge on any atom is -0.319 e. The van der Waals surface area contributed by atoms with Gasteiger partial charge in [0.25, 0.3) is 0 Å². The number of hydrogen-bond donors (Lipinski definition) is 1. The van der Waals surface area contributed by atoms with E-state index < -0.39 is 0 Å². The summed E-state index contributed by atoms with van der Waals surface area (Å²) < 4.78 is 14.3. The first-order valence-corrected chi connectivity index (χ1v) is 4.52. The summed E-state index contributed by atoms with van der Waals surface area (Å²) in [6.07, 6.45) is 4.65. The van der Waals surface area contributed by atoms with Gasteiger partial charge in [-0.1, -0.05) is 0 Å². The standard InChI is InChI=1S/C10H11FN4/c1-15-6-7(4-14-15)10(12)9-3-2-8(11)5-13-9/h2-6,10H,12H2,1H3. The van der Waals surface area contributed by atoms with Crippen molar-refractivity contribution < 1.29 is 4.39 Å². The summed E-state index contributed by atoms with van der Waals surface area (Å²) in [7, 11) is 1.81. The fourth-order valence-corrected chi connectivity index (χ4v) is 1.34. The van der Waals surface area contributed by atoms with E-state index >= 15 is 0 Å². The van der Waals surface area contributed by atoms with Crippen molar-refractivity contribution in [2.24, 2.45) is 12.8 Å². The molecule has 0 bridgehead atoms. The Balaban J connectivity index is 2.28. The number of nitrogens with two attached hydrogens (primary N) is 1. The molecule has 0 aliphatic rings. The second-order valence-corrected chi connectivity index (χ2v) is 3.33. The lowest BCUT2D eigenvalue weighted by atomic mass is 10.1. The van der Waals surface area contributed by atoms with E-state index in [9.17, 15) is 4.39 Å². The molecule has 2 heterocycles. The Hall–Kier alpha value is -1.75. The molecule has 0 aromatic carbocycles. The molecule has 1 atom stereocenters. The number of aromatic nitrogens is 3. The first-order valence-electron chi connectivity index (χ1n) is 4.52. The average molecular weight is 206 g/mol.